The largest absolute Gasteiger partial charge is 0.495 e. The Morgan fingerprint density at radius 2 is 1.80 bits per heavy atom. The first-order chi connectivity index (χ1) is 14.8. The standard InChI is InChI=1S/C21H28N6O2S/c1-28-19-8-5-11-23-17(19)7-3-4-10-25-21(27-16-22)26-13-14-30-15-18-20(29-2)9-6-12-24-18/h5-6,8-9,11-12H,3-4,7,10,13-15H2,1-2H3,(H2,25,26,27). The van der Waals surface area contributed by atoms with E-state index in [1.54, 1.807) is 38.4 Å². The SMILES string of the molecule is COc1cccnc1CCCCN=C(NC#N)NCCSCc1ncccc1OC. The van der Waals surface area contributed by atoms with Gasteiger partial charge >= 0.3 is 0 Å². The van der Waals surface area contributed by atoms with Crippen molar-refractivity contribution in [2.24, 2.45) is 4.99 Å². The summed E-state index contributed by atoms with van der Waals surface area (Å²) < 4.78 is 10.6. The van der Waals surface area contributed by atoms with Crippen molar-refractivity contribution in [3.63, 3.8) is 0 Å². The van der Waals surface area contributed by atoms with Crippen LogP contribution >= 0.6 is 11.8 Å². The Balaban J connectivity index is 1.67. The second-order valence-electron chi connectivity index (χ2n) is 6.21. The van der Waals surface area contributed by atoms with Crippen LogP contribution in [0.4, 0.5) is 0 Å². The van der Waals surface area contributed by atoms with Crippen molar-refractivity contribution in [1.82, 2.24) is 20.6 Å². The Bertz CT molecular complexity index is 840. The summed E-state index contributed by atoms with van der Waals surface area (Å²) in [7, 11) is 3.30. The molecule has 0 aliphatic rings. The highest BCUT2D eigenvalue weighted by Gasteiger charge is 2.04. The number of hydrogen-bond acceptors (Lipinski definition) is 7. The topological polar surface area (TPSA) is 104 Å². The van der Waals surface area contributed by atoms with Gasteiger partial charge in [0.15, 0.2) is 6.19 Å². The first kappa shape index (κ1) is 23.3. The lowest BCUT2D eigenvalue weighted by atomic mass is 10.1. The van der Waals surface area contributed by atoms with Gasteiger partial charge in [-0.2, -0.15) is 17.0 Å². The zero-order valence-electron chi connectivity index (χ0n) is 17.4. The first-order valence-electron chi connectivity index (χ1n) is 9.75. The quantitative estimate of drug-likeness (QED) is 0.175. The van der Waals surface area contributed by atoms with Crippen LogP contribution in [0.3, 0.4) is 0 Å². The number of methoxy groups -OCH3 is 2. The number of aliphatic imine (C=N–C) groups is 1. The fourth-order valence-corrected chi connectivity index (χ4v) is 3.51. The molecule has 160 valence electrons. The lowest BCUT2D eigenvalue weighted by Gasteiger charge is -2.09. The molecule has 9 heteroatoms. The summed E-state index contributed by atoms with van der Waals surface area (Å²) >= 11 is 1.74. The summed E-state index contributed by atoms with van der Waals surface area (Å²) in [6.07, 6.45) is 8.14. The number of nitrogens with one attached hydrogen (secondary N) is 2. The minimum Gasteiger partial charge on any atom is -0.495 e. The van der Waals surface area contributed by atoms with Gasteiger partial charge in [0.05, 0.1) is 25.6 Å². The third-order valence-electron chi connectivity index (χ3n) is 4.18. The summed E-state index contributed by atoms with van der Waals surface area (Å²) in [6, 6.07) is 7.55. The van der Waals surface area contributed by atoms with Crippen molar-refractivity contribution in [2.45, 2.75) is 25.0 Å². The number of guanidine groups is 1. The van der Waals surface area contributed by atoms with E-state index in [0.717, 1.165) is 53.7 Å². The summed E-state index contributed by atoms with van der Waals surface area (Å²) in [6.45, 7) is 1.32. The van der Waals surface area contributed by atoms with E-state index in [9.17, 15) is 0 Å². The van der Waals surface area contributed by atoms with Gasteiger partial charge in [-0.05, 0) is 43.5 Å². The number of ether oxygens (including phenoxy) is 2. The summed E-state index contributed by atoms with van der Waals surface area (Å²) in [5.74, 6) is 3.74. The highest BCUT2D eigenvalue weighted by Crippen LogP contribution is 2.20. The van der Waals surface area contributed by atoms with Gasteiger partial charge in [0.1, 0.15) is 11.5 Å². The minimum absolute atomic E-state index is 0.504. The zero-order valence-corrected chi connectivity index (χ0v) is 18.2. The highest BCUT2D eigenvalue weighted by molar-refractivity contribution is 7.98. The molecule has 2 N–H and O–H groups in total. The third kappa shape index (κ3) is 8.17. The van der Waals surface area contributed by atoms with Crippen LogP contribution in [0.2, 0.25) is 0 Å². The van der Waals surface area contributed by atoms with E-state index in [1.807, 2.05) is 30.5 Å². The number of thioether (sulfide) groups is 1. The molecule has 0 spiro atoms. The molecule has 2 rings (SSSR count). The number of aryl methyl sites for hydroxylation is 1. The van der Waals surface area contributed by atoms with E-state index in [0.29, 0.717) is 19.0 Å². The van der Waals surface area contributed by atoms with Crippen molar-refractivity contribution >= 4 is 17.7 Å². The maximum atomic E-state index is 8.92. The summed E-state index contributed by atoms with van der Waals surface area (Å²) in [4.78, 5) is 13.2. The number of pyridine rings is 2. The Kier molecular flexibility index (Phi) is 10.9. The second-order valence-corrected chi connectivity index (χ2v) is 7.31. The number of nitriles is 1. The van der Waals surface area contributed by atoms with E-state index in [4.69, 9.17) is 14.7 Å². The molecule has 0 unspecified atom stereocenters. The lowest BCUT2D eigenvalue weighted by molar-refractivity contribution is 0.406. The van der Waals surface area contributed by atoms with Crippen LogP contribution in [0, 0.1) is 11.5 Å². The molecule has 0 saturated heterocycles. The zero-order chi connectivity index (χ0) is 21.4. The molecule has 0 atom stereocenters. The molecular weight excluding hydrogens is 400 g/mol. The molecule has 2 aromatic rings. The molecule has 0 saturated carbocycles. The molecule has 0 fully saturated rings. The lowest BCUT2D eigenvalue weighted by Crippen LogP contribution is -2.36. The van der Waals surface area contributed by atoms with Crippen LogP contribution < -0.4 is 20.1 Å². The maximum Gasteiger partial charge on any atom is 0.204 e. The first-order valence-corrected chi connectivity index (χ1v) is 10.9. The Labute approximate surface area is 182 Å². The molecule has 2 aromatic heterocycles. The summed E-state index contributed by atoms with van der Waals surface area (Å²) in [5.41, 5.74) is 1.89. The van der Waals surface area contributed by atoms with Gasteiger partial charge in [-0.15, -0.1) is 0 Å². The van der Waals surface area contributed by atoms with Gasteiger partial charge in [0.2, 0.25) is 5.96 Å². The van der Waals surface area contributed by atoms with Crippen molar-refractivity contribution in [1.29, 1.82) is 5.26 Å². The number of rotatable bonds is 12. The van der Waals surface area contributed by atoms with Gasteiger partial charge in [0, 0.05) is 37.0 Å². The molecule has 0 radical (unpaired) electrons. The molecular formula is C21H28N6O2S. The Morgan fingerprint density at radius 3 is 2.50 bits per heavy atom. The number of nitrogens with zero attached hydrogens (tertiary/aromatic N) is 4. The minimum atomic E-state index is 0.504. The Hall–Kier alpha value is -2.99. The van der Waals surface area contributed by atoms with Crippen LogP contribution in [-0.2, 0) is 12.2 Å². The highest BCUT2D eigenvalue weighted by atomic mass is 32.2. The van der Waals surface area contributed by atoms with Crippen LogP contribution in [-0.4, -0.2) is 49.0 Å². The average Bonchev–Trinajstić information content (AvgIpc) is 2.79. The maximum absolute atomic E-state index is 8.92. The summed E-state index contributed by atoms with van der Waals surface area (Å²) in [5, 5.41) is 14.7. The third-order valence-corrected chi connectivity index (χ3v) is 5.15. The normalized spacial score (nSPS) is 10.9. The van der Waals surface area contributed by atoms with Crippen LogP contribution in [0.25, 0.3) is 0 Å². The van der Waals surface area contributed by atoms with E-state index >= 15 is 0 Å². The van der Waals surface area contributed by atoms with E-state index in [-0.39, 0.29) is 0 Å². The van der Waals surface area contributed by atoms with Crippen molar-refractivity contribution in [3.05, 3.63) is 48.0 Å². The van der Waals surface area contributed by atoms with E-state index in [2.05, 4.69) is 25.6 Å². The predicted octanol–water partition coefficient (Wildman–Crippen LogP) is 2.77. The van der Waals surface area contributed by atoms with Gasteiger partial charge < -0.3 is 14.8 Å². The fraction of sp³-hybridized carbons (Fsp3) is 0.429. The monoisotopic (exact) mass is 428 g/mol. The molecule has 8 nitrogen and oxygen atoms in total. The predicted molar refractivity (Wildman–Crippen MR) is 120 cm³/mol. The second kappa shape index (κ2) is 14.1. The van der Waals surface area contributed by atoms with Crippen LogP contribution in [0.1, 0.15) is 24.2 Å². The van der Waals surface area contributed by atoms with Crippen molar-refractivity contribution in [3.8, 4) is 17.7 Å². The van der Waals surface area contributed by atoms with Gasteiger partial charge in [-0.25, -0.2) is 0 Å². The molecule has 0 aliphatic heterocycles. The molecule has 30 heavy (non-hydrogen) atoms. The van der Waals surface area contributed by atoms with Crippen molar-refractivity contribution < 1.29 is 9.47 Å². The molecule has 0 aromatic carbocycles. The van der Waals surface area contributed by atoms with Crippen LogP contribution in [0.5, 0.6) is 11.5 Å². The fourth-order valence-electron chi connectivity index (χ4n) is 2.71. The average molecular weight is 429 g/mol. The van der Waals surface area contributed by atoms with Gasteiger partial charge in [-0.1, -0.05) is 0 Å². The number of aromatic nitrogens is 2. The number of unbranched alkanes of at least 4 members (excludes halogenated alkanes) is 1. The van der Waals surface area contributed by atoms with Gasteiger partial charge in [-0.3, -0.25) is 20.3 Å². The van der Waals surface area contributed by atoms with Crippen molar-refractivity contribution in [2.75, 3.05) is 33.1 Å². The smallest absolute Gasteiger partial charge is 0.204 e. The van der Waals surface area contributed by atoms with E-state index < -0.39 is 0 Å². The number of hydrogen-bond donors (Lipinski definition) is 2. The van der Waals surface area contributed by atoms with E-state index in [1.165, 1.54) is 0 Å². The molecule has 0 aliphatic carbocycles. The van der Waals surface area contributed by atoms with Crippen LogP contribution in [0.15, 0.2) is 41.7 Å². The molecule has 0 bridgehead atoms. The Morgan fingerprint density at radius 1 is 1.10 bits per heavy atom. The molecule has 2 heterocycles. The van der Waals surface area contributed by atoms with Gasteiger partial charge in [0.25, 0.3) is 0 Å². The molecule has 0 amide bonds.